The highest BCUT2D eigenvalue weighted by atomic mass is 79.9. The number of hydrogen-bond acceptors (Lipinski definition) is 7. The van der Waals surface area contributed by atoms with Crippen molar-refractivity contribution in [2.24, 2.45) is 0 Å². The molecule has 3 aromatic rings. The summed E-state index contributed by atoms with van der Waals surface area (Å²) in [4.78, 5) is 39.1. The van der Waals surface area contributed by atoms with E-state index in [2.05, 4.69) is 21.2 Å². The second kappa shape index (κ2) is 12.2. The van der Waals surface area contributed by atoms with Gasteiger partial charge in [0.05, 0.1) is 23.6 Å². The molecule has 196 valence electrons. The van der Waals surface area contributed by atoms with Crippen molar-refractivity contribution in [1.29, 1.82) is 0 Å². The number of nitrogens with zero attached hydrogens (tertiary/aromatic N) is 1. The van der Waals surface area contributed by atoms with Gasteiger partial charge in [-0.05, 0) is 88.2 Å². The molecule has 0 radical (unpaired) electrons. The number of hydrogen-bond donors (Lipinski definition) is 1. The van der Waals surface area contributed by atoms with Crippen molar-refractivity contribution < 1.29 is 28.6 Å². The molecule has 0 aliphatic carbocycles. The fraction of sp³-hybridized carbons (Fsp3) is 0.179. The zero-order valence-electron chi connectivity index (χ0n) is 20.9. The van der Waals surface area contributed by atoms with Crippen molar-refractivity contribution in [3.05, 3.63) is 86.7 Å². The number of amides is 3. The molecule has 1 fully saturated rings. The van der Waals surface area contributed by atoms with Gasteiger partial charge in [-0.2, -0.15) is 0 Å². The van der Waals surface area contributed by atoms with Gasteiger partial charge in [0.25, 0.3) is 11.1 Å². The Morgan fingerprint density at radius 2 is 1.82 bits per heavy atom. The van der Waals surface area contributed by atoms with E-state index in [9.17, 15) is 14.4 Å². The Balaban J connectivity index is 1.45. The number of carbonyl (C=O) groups excluding carboxylic acids is 3. The predicted molar refractivity (Wildman–Crippen MR) is 151 cm³/mol. The van der Waals surface area contributed by atoms with E-state index in [4.69, 9.17) is 14.2 Å². The first-order valence-electron chi connectivity index (χ1n) is 11.5. The third kappa shape index (κ3) is 6.56. The molecule has 1 aliphatic rings. The number of benzene rings is 3. The molecule has 1 N–H and O–H groups in total. The first-order valence-corrected chi connectivity index (χ1v) is 13.1. The Morgan fingerprint density at radius 1 is 1.05 bits per heavy atom. The summed E-state index contributed by atoms with van der Waals surface area (Å²) in [5.41, 5.74) is 3.32. The predicted octanol–water partition coefficient (Wildman–Crippen LogP) is 6.03. The smallest absolute Gasteiger partial charge is 0.294 e. The third-order valence-corrected chi connectivity index (χ3v) is 7.06. The summed E-state index contributed by atoms with van der Waals surface area (Å²) in [5.74, 6) is 0.608. The number of rotatable bonds is 9. The zero-order chi connectivity index (χ0) is 27.2. The number of thioether (sulfide) groups is 1. The third-order valence-electron chi connectivity index (χ3n) is 5.56. The molecule has 4 rings (SSSR count). The number of anilines is 1. The largest absolute Gasteiger partial charge is 0.497 e. The monoisotopic (exact) mass is 596 g/mol. The van der Waals surface area contributed by atoms with Crippen molar-refractivity contribution in [2.45, 2.75) is 13.5 Å². The lowest BCUT2D eigenvalue weighted by molar-refractivity contribution is -0.127. The van der Waals surface area contributed by atoms with Crippen molar-refractivity contribution in [1.82, 2.24) is 4.90 Å². The number of methoxy groups -OCH3 is 2. The summed E-state index contributed by atoms with van der Waals surface area (Å²) in [7, 11) is 3.07. The Labute approximate surface area is 233 Å². The fourth-order valence-corrected chi connectivity index (χ4v) is 5.14. The maximum absolute atomic E-state index is 12.9. The minimum atomic E-state index is -0.542. The van der Waals surface area contributed by atoms with Crippen LogP contribution in [0, 0.1) is 6.92 Å². The second-order valence-electron chi connectivity index (χ2n) is 8.36. The molecule has 1 heterocycles. The van der Waals surface area contributed by atoms with Crippen molar-refractivity contribution >= 4 is 56.5 Å². The fourth-order valence-electron chi connectivity index (χ4n) is 3.73. The molecule has 0 bridgehead atoms. The molecular weight excluding hydrogens is 572 g/mol. The molecule has 10 heteroatoms. The van der Waals surface area contributed by atoms with Crippen LogP contribution in [-0.4, -0.2) is 42.7 Å². The number of ether oxygens (including phenoxy) is 3. The van der Waals surface area contributed by atoms with Crippen LogP contribution in [0.4, 0.5) is 10.5 Å². The molecule has 0 atom stereocenters. The van der Waals surface area contributed by atoms with Crippen LogP contribution < -0.4 is 19.5 Å². The van der Waals surface area contributed by atoms with E-state index >= 15 is 0 Å². The van der Waals surface area contributed by atoms with Crippen LogP contribution in [0.2, 0.25) is 0 Å². The number of aryl methyl sites for hydroxylation is 1. The van der Waals surface area contributed by atoms with Crippen molar-refractivity contribution in [3.63, 3.8) is 0 Å². The summed E-state index contributed by atoms with van der Waals surface area (Å²) >= 11 is 4.30. The van der Waals surface area contributed by atoms with Gasteiger partial charge in [0, 0.05) is 5.69 Å². The number of halogens is 1. The number of imide groups is 1. The Kier molecular flexibility index (Phi) is 8.75. The Hall–Kier alpha value is -3.76. The average Bonchev–Trinajstić information content (AvgIpc) is 3.15. The summed E-state index contributed by atoms with van der Waals surface area (Å²) in [6.45, 7) is 1.98. The van der Waals surface area contributed by atoms with E-state index in [1.807, 2.05) is 31.2 Å². The summed E-state index contributed by atoms with van der Waals surface area (Å²) in [6.07, 6.45) is 1.59. The molecule has 1 aliphatic heterocycles. The molecule has 1 saturated heterocycles. The van der Waals surface area contributed by atoms with Gasteiger partial charge >= 0.3 is 0 Å². The minimum absolute atomic E-state index is 0.203. The summed E-state index contributed by atoms with van der Waals surface area (Å²) < 4.78 is 17.3. The Morgan fingerprint density at radius 3 is 2.50 bits per heavy atom. The lowest BCUT2D eigenvalue weighted by Crippen LogP contribution is -2.36. The minimum Gasteiger partial charge on any atom is -0.497 e. The number of nitrogens with one attached hydrogen (secondary N) is 1. The SMILES string of the molecule is COc1ccc(NC(=O)CN2C(=O)S/C(=C/c3cc(Br)c(OCc4cccc(C)c4)c(OC)c3)C2=O)cc1. The highest BCUT2D eigenvalue weighted by Gasteiger charge is 2.36. The normalized spacial score (nSPS) is 14.1. The van der Waals surface area contributed by atoms with Crippen LogP contribution >= 0.6 is 27.7 Å². The van der Waals surface area contributed by atoms with E-state index in [1.165, 1.54) is 7.11 Å². The van der Waals surface area contributed by atoms with Crippen LogP contribution in [-0.2, 0) is 16.2 Å². The van der Waals surface area contributed by atoms with Gasteiger partial charge in [-0.25, -0.2) is 0 Å². The van der Waals surface area contributed by atoms with Gasteiger partial charge in [-0.15, -0.1) is 0 Å². The van der Waals surface area contributed by atoms with Crippen LogP contribution in [0.25, 0.3) is 6.08 Å². The molecule has 0 spiro atoms. The molecule has 3 aromatic carbocycles. The van der Waals surface area contributed by atoms with E-state index in [0.29, 0.717) is 39.6 Å². The van der Waals surface area contributed by atoms with Gasteiger partial charge in [-0.3, -0.25) is 19.3 Å². The van der Waals surface area contributed by atoms with Crippen LogP contribution in [0.5, 0.6) is 17.2 Å². The molecule has 8 nitrogen and oxygen atoms in total. The van der Waals surface area contributed by atoms with Gasteiger partial charge in [0.15, 0.2) is 11.5 Å². The molecular formula is C28H25BrN2O6S. The zero-order valence-corrected chi connectivity index (χ0v) is 23.4. The average molecular weight is 597 g/mol. The first-order chi connectivity index (χ1) is 18.3. The molecule has 0 saturated carbocycles. The maximum Gasteiger partial charge on any atom is 0.294 e. The van der Waals surface area contributed by atoms with Gasteiger partial charge < -0.3 is 19.5 Å². The van der Waals surface area contributed by atoms with Crippen LogP contribution in [0.3, 0.4) is 0 Å². The Bertz CT molecular complexity index is 1410. The lowest BCUT2D eigenvalue weighted by atomic mass is 10.1. The molecule has 3 amide bonds. The van der Waals surface area contributed by atoms with Gasteiger partial charge in [-0.1, -0.05) is 29.8 Å². The highest BCUT2D eigenvalue weighted by molar-refractivity contribution is 9.10. The molecule has 0 aromatic heterocycles. The van der Waals surface area contributed by atoms with E-state index in [1.54, 1.807) is 49.6 Å². The van der Waals surface area contributed by atoms with Crippen LogP contribution in [0.15, 0.2) is 70.0 Å². The lowest BCUT2D eigenvalue weighted by Gasteiger charge is -2.14. The maximum atomic E-state index is 12.9. The van der Waals surface area contributed by atoms with E-state index in [-0.39, 0.29) is 4.91 Å². The summed E-state index contributed by atoms with van der Waals surface area (Å²) in [5, 5.41) is 2.16. The van der Waals surface area contributed by atoms with E-state index in [0.717, 1.165) is 27.8 Å². The topological polar surface area (TPSA) is 94.2 Å². The molecule has 0 unspecified atom stereocenters. The quantitative estimate of drug-likeness (QED) is 0.301. The second-order valence-corrected chi connectivity index (χ2v) is 10.2. The van der Waals surface area contributed by atoms with Gasteiger partial charge in [0.2, 0.25) is 5.91 Å². The van der Waals surface area contributed by atoms with E-state index < -0.39 is 23.6 Å². The van der Waals surface area contributed by atoms with Crippen molar-refractivity contribution in [3.8, 4) is 17.2 Å². The standard InChI is InChI=1S/C28H25BrN2O6S/c1-17-5-4-6-18(11-17)16-37-26-22(29)12-19(13-23(26)36-3)14-24-27(33)31(28(34)38-24)15-25(32)30-20-7-9-21(35-2)10-8-20/h4-14H,15-16H2,1-3H3,(H,30,32)/b24-14+. The first kappa shape index (κ1) is 27.3. The highest BCUT2D eigenvalue weighted by Crippen LogP contribution is 2.39. The molecule has 38 heavy (non-hydrogen) atoms. The number of carbonyl (C=O) groups is 3. The van der Waals surface area contributed by atoms with Crippen molar-refractivity contribution in [2.75, 3.05) is 26.1 Å². The van der Waals surface area contributed by atoms with Crippen LogP contribution in [0.1, 0.15) is 16.7 Å². The summed E-state index contributed by atoms with van der Waals surface area (Å²) in [6, 6.07) is 18.3. The van der Waals surface area contributed by atoms with Gasteiger partial charge in [0.1, 0.15) is 18.9 Å².